The monoisotopic (exact) mass is 184 g/mol. The Morgan fingerprint density at radius 3 is 2.58 bits per heavy atom. The van der Waals surface area contributed by atoms with Gasteiger partial charge in [-0.05, 0) is 17.6 Å². The minimum atomic E-state index is 0. The fraction of sp³-hybridized carbons (Fsp3) is 0. The minimum absolute atomic E-state index is 0. The Hall–Kier alpha value is -0.220. The van der Waals surface area contributed by atoms with Crippen molar-refractivity contribution in [1.29, 1.82) is 0 Å². The number of pyridine rings is 1. The van der Waals surface area contributed by atoms with Crippen molar-refractivity contribution < 1.29 is 29.6 Å². The van der Waals surface area contributed by atoms with Crippen molar-refractivity contribution in [3.8, 4) is 11.3 Å². The second-order valence-corrected chi connectivity index (χ2v) is 2.71. The fourth-order valence-electron chi connectivity index (χ4n) is 0.839. The van der Waals surface area contributed by atoms with Crippen LogP contribution in [0.15, 0.2) is 29.9 Å². The van der Waals surface area contributed by atoms with E-state index < -0.39 is 0 Å². The Balaban J connectivity index is 0.000000720. The molecule has 0 aliphatic rings. The van der Waals surface area contributed by atoms with E-state index in [1.807, 2.05) is 17.5 Å². The van der Waals surface area contributed by atoms with Crippen LogP contribution in [0.2, 0.25) is 0 Å². The average Bonchev–Trinajstić information content (AvgIpc) is 2.58. The Morgan fingerprint density at radius 2 is 2.00 bits per heavy atom. The summed E-state index contributed by atoms with van der Waals surface area (Å²) in [6, 6.07) is 3.87. The van der Waals surface area contributed by atoms with Gasteiger partial charge in [0.25, 0.3) is 0 Å². The Bertz CT molecular complexity index is 320. The van der Waals surface area contributed by atoms with E-state index in [-0.39, 0.29) is 29.6 Å². The van der Waals surface area contributed by atoms with Crippen molar-refractivity contribution in [1.82, 2.24) is 9.97 Å². The molecule has 0 amide bonds. The fourth-order valence-corrected chi connectivity index (χ4v) is 1.34. The van der Waals surface area contributed by atoms with Crippen LogP contribution in [0, 0.1) is 5.51 Å². The number of thiazole rings is 1. The van der Waals surface area contributed by atoms with E-state index in [9.17, 15) is 0 Å². The molecule has 0 atom stereocenters. The van der Waals surface area contributed by atoms with E-state index >= 15 is 0 Å². The molecule has 12 heavy (non-hydrogen) atoms. The summed E-state index contributed by atoms with van der Waals surface area (Å²) in [5.41, 5.74) is 4.86. The predicted molar refractivity (Wildman–Crippen MR) is 44.2 cm³/mol. The van der Waals surface area contributed by atoms with Crippen molar-refractivity contribution in [2.75, 3.05) is 0 Å². The summed E-state index contributed by atoms with van der Waals surface area (Å²) in [5.74, 6) is 0. The topological polar surface area (TPSA) is 25.8 Å². The number of rotatable bonds is 1. The normalized spacial score (nSPS) is 9.00. The predicted octanol–water partition coefficient (Wildman–Crippen LogP) is -0.991. The van der Waals surface area contributed by atoms with E-state index in [1.165, 1.54) is 11.3 Å². The molecule has 0 aliphatic carbocycles. The van der Waals surface area contributed by atoms with Crippen LogP contribution in [0.4, 0.5) is 0 Å². The summed E-state index contributed by atoms with van der Waals surface area (Å²) < 4.78 is 0. The van der Waals surface area contributed by atoms with Gasteiger partial charge in [-0.2, -0.15) is 0 Å². The average molecular weight is 184 g/mol. The van der Waals surface area contributed by atoms with Crippen LogP contribution in [0.25, 0.3) is 11.3 Å². The van der Waals surface area contributed by atoms with E-state index in [4.69, 9.17) is 0 Å². The first-order valence-corrected chi connectivity index (χ1v) is 4.07. The molecular formula is C8H5N2NaS. The number of hydrogen-bond acceptors (Lipinski definition) is 3. The SMILES string of the molecule is [Na+].[c-]1nc(-c2ccncc2)cs1. The van der Waals surface area contributed by atoms with Crippen LogP contribution in [0.1, 0.15) is 0 Å². The molecule has 0 saturated heterocycles. The Morgan fingerprint density at radius 1 is 1.25 bits per heavy atom. The van der Waals surface area contributed by atoms with Gasteiger partial charge in [-0.1, -0.05) is 11.3 Å². The molecule has 2 nitrogen and oxygen atoms in total. The van der Waals surface area contributed by atoms with Gasteiger partial charge < -0.3 is 4.98 Å². The zero-order chi connectivity index (χ0) is 7.52. The summed E-state index contributed by atoms with van der Waals surface area (Å²) >= 11 is 1.48. The Kier molecular flexibility index (Phi) is 3.88. The van der Waals surface area contributed by atoms with E-state index in [0.717, 1.165) is 11.3 Å². The molecule has 2 aromatic rings. The molecule has 2 rings (SSSR count). The maximum atomic E-state index is 4.05. The summed E-state index contributed by atoms with van der Waals surface area (Å²) in [5, 5.41) is 1.97. The first-order chi connectivity index (χ1) is 5.47. The third kappa shape index (κ3) is 2.14. The molecule has 2 aromatic heterocycles. The largest absolute Gasteiger partial charge is 1.00 e. The van der Waals surface area contributed by atoms with Crippen molar-refractivity contribution >= 4 is 11.3 Å². The minimum Gasteiger partial charge on any atom is -0.386 e. The van der Waals surface area contributed by atoms with Gasteiger partial charge in [0.05, 0.1) is 0 Å². The molecule has 0 fully saturated rings. The molecule has 2 heterocycles. The quantitative estimate of drug-likeness (QED) is 0.420. The maximum absolute atomic E-state index is 4.05. The zero-order valence-corrected chi connectivity index (χ0v) is 9.51. The van der Waals surface area contributed by atoms with Gasteiger partial charge in [0.2, 0.25) is 0 Å². The second kappa shape index (κ2) is 4.72. The van der Waals surface area contributed by atoms with Gasteiger partial charge in [0, 0.05) is 12.4 Å². The van der Waals surface area contributed by atoms with Gasteiger partial charge in [-0.15, -0.1) is 5.38 Å². The summed E-state index contributed by atoms with van der Waals surface area (Å²) in [4.78, 5) is 7.97. The maximum Gasteiger partial charge on any atom is 1.00 e. The molecule has 0 N–H and O–H groups in total. The number of nitrogens with zero attached hydrogens (tertiary/aromatic N) is 2. The van der Waals surface area contributed by atoms with Crippen LogP contribution < -0.4 is 29.6 Å². The van der Waals surface area contributed by atoms with Gasteiger partial charge >= 0.3 is 29.6 Å². The van der Waals surface area contributed by atoms with Crippen molar-refractivity contribution in [3.63, 3.8) is 0 Å². The second-order valence-electron chi connectivity index (χ2n) is 2.06. The zero-order valence-electron chi connectivity index (χ0n) is 6.69. The van der Waals surface area contributed by atoms with Gasteiger partial charge in [-0.3, -0.25) is 16.3 Å². The van der Waals surface area contributed by atoms with E-state index in [2.05, 4.69) is 15.5 Å². The van der Waals surface area contributed by atoms with E-state index in [0.29, 0.717) is 0 Å². The third-order valence-electron chi connectivity index (χ3n) is 1.37. The van der Waals surface area contributed by atoms with Gasteiger partial charge in [-0.25, -0.2) is 0 Å². The molecule has 0 unspecified atom stereocenters. The number of aromatic nitrogens is 2. The molecule has 0 saturated carbocycles. The molecule has 0 aliphatic heterocycles. The summed E-state index contributed by atoms with van der Waals surface area (Å²) in [6.07, 6.45) is 3.52. The summed E-state index contributed by atoms with van der Waals surface area (Å²) in [6.45, 7) is 0. The molecule has 0 radical (unpaired) electrons. The molecule has 0 spiro atoms. The summed E-state index contributed by atoms with van der Waals surface area (Å²) in [7, 11) is 0. The van der Waals surface area contributed by atoms with Crippen LogP contribution >= 0.6 is 11.3 Å². The van der Waals surface area contributed by atoms with Gasteiger partial charge in [0.1, 0.15) is 0 Å². The first-order valence-electron chi connectivity index (χ1n) is 3.19. The number of hydrogen-bond donors (Lipinski definition) is 0. The van der Waals surface area contributed by atoms with Crippen LogP contribution in [-0.2, 0) is 0 Å². The molecule has 4 heteroatoms. The molecule has 54 valence electrons. The van der Waals surface area contributed by atoms with Crippen molar-refractivity contribution in [2.24, 2.45) is 0 Å². The third-order valence-corrected chi connectivity index (χ3v) is 1.90. The van der Waals surface area contributed by atoms with Crippen LogP contribution in [0.5, 0.6) is 0 Å². The van der Waals surface area contributed by atoms with E-state index in [1.54, 1.807) is 12.4 Å². The molecule has 0 bridgehead atoms. The van der Waals surface area contributed by atoms with Crippen molar-refractivity contribution in [2.45, 2.75) is 0 Å². The molecule has 0 aromatic carbocycles. The van der Waals surface area contributed by atoms with Crippen LogP contribution in [-0.4, -0.2) is 9.97 Å². The van der Waals surface area contributed by atoms with Crippen molar-refractivity contribution in [3.05, 3.63) is 35.4 Å². The smallest absolute Gasteiger partial charge is 0.386 e. The standard InChI is InChI=1S/C8H5N2S.Na/c1-3-9-4-2-7(1)8-5-11-6-10-8;/h1-5H;/q-1;+1. The van der Waals surface area contributed by atoms with Crippen LogP contribution in [0.3, 0.4) is 0 Å². The Labute approximate surface area is 97.0 Å². The van der Waals surface area contributed by atoms with Gasteiger partial charge in [0.15, 0.2) is 0 Å². The first kappa shape index (κ1) is 9.86. The molecular weight excluding hydrogens is 179 g/mol.